The Morgan fingerprint density at radius 3 is 2.74 bits per heavy atom. The maximum atomic E-state index is 11.9. The Morgan fingerprint density at radius 2 is 2.21 bits per heavy atom. The first kappa shape index (κ1) is 13.7. The maximum absolute atomic E-state index is 11.9. The van der Waals surface area contributed by atoms with E-state index in [2.05, 4.69) is 0 Å². The van der Waals surface area contributed by atoms with E-state index in [1.54, 1.807) is 0 Å². The number of hydrogen-bond acceptors (Lipinski definition) is 6. The van der Waals surface area contributed by atoms with E-state index in [1.807, 2.05) is 0 Å². The van der Waals surface area contributed by atoms with Crippen LogP contribution in [0, 0.1) is 0 Å². The second kappa shape index (κ2) is 4.74. The number of carbonyl (C=O) groups is 3. The number of carboxylic acid groups (broad SMARTS) is 1. The van der Waals surface area contributed by atoms with Crippen molar-refractivity contribution in [3.8, 4) is 0 Å². The van der Waals surface area contributed by atoms with Crippen molar-refractivity contribution in [2.45, 2.75) is 18.3 Å². The number of carbonyl (C=O) groups excluding carboxylic acids is 2. The number of nitrogens with two attached hydrogens (primary N) is 1. The van der Waals surface area contributed by atoms with Gasteiger partial charge in [-0.15, -0.1) is 0 Å². The second-order valence-corrected chi connectivity index (χ2v) is 5.72. The fourth-order valence-electron chi connectivity index (χ4n) is 2.05. The van der Waals surface area contributed by atoms with Crippen LogP contribution >= 0.6 is 0 Å². The molecule has 2 aliphatic heterocycles. The van der Waals surface area contributed by atoms with Gasteiger partial charge in [0.05, 0.1) is 16.6 Å². The van der Waals surface area contributed by atoms with Crippen LogP contribution in [0.25, 0.3) is 0 Å². The van der Waals surface area contributed by atoms with Gasteiger partial charge in [0.15, 0.2) is 0 Å². The number of nitrogens with zero attached hydrogens (tertiary/aromatic N) is 1. The zero-order valence-corrected chi connectivity index (χ0v) is 10.8. The number of rotatable bonds is 3. The highest BCUT2D eigenvalue weighted by Crippen LogP contribution is 2.33. The molecule has 9 heteroatoms. The van der Waals surface area contributed by atoms with Crippen molar-refractivity contribution in [2.75, 3.05) is 12.4 Å². The number of esters is 1. The molecule has 0 aromatic carbocycles. The molecule has 0 bridgehead atoms. The van der Waals surface area contributed by atoms with Gasteiger partial charge in [-0.1, -0.05) is 0 Å². The molecule has 2 aliphatic rings. The summed E-state index contributed by atoms with van der Waals surface area (Å²) in [6, 6.07) is -0.939. The van der Waals surface area contributed by atoms with E-state index in [-0.39, 0.29) is 23.6 Å². The Balaban J connectivity index is 2.36. The summed E-state index contributed by atoms with van der Waals surface area (Å²) in [5.74, 6) is -2.58. The third-order valence-electron chi connectivity index (χ3n) is 2.90. The molecule has 0 spiro atoms. The van der Waals surface area contributed by atoms with Crippen molar-refractivity contribution in [3.63, 3.8) is 0 Å². The van der Waals surface area contributed by atoms with Gasteiger partial charge < -0.3 is 15.6 Å². The lowest BCUT2D eigenvalue weighted by molar-refractivity contribution is -0.148. The summed E-state index contributed by atoms with van der Waals surface area (Å²) in [4.78, 5) is 34.5. The van der Waals surface area contributed by atoms with E-state index < -0.39 is 40.1 Å². The molecule has 2 heterocycles. The Hall–Kier alpha value is -1.74. The SMILES string of the molecule is CC(=O)OCC1=C(C(=O)O)N2C(=O)[C@@H](N)[C@H]2[S@](=O)C1. The largest absolute Gasteiger partial charge is 0.477 e. The molecule has 104 valence electrons. The van der Waals surface area contributed by atoms with Crippen LogP contribution in [0.15, 0.2) is 11.3 Å². The van der Waals surface area contributed by atoms with E-state index in [4.69, 9.17) is 15.6 Å². The highest BCUT2D eigenvalue weighted by atomic mass is 32.2. The highest BCUT2D eigenvalue weighted by Gasteiger charge is 2.54. The number of β-lactam (4-membered cyclic amide) rings is 1. The monoisotopic (exact) mass is 288 g/mol. The van der Waals surface area contributed by atoms with Gasteiger partial charge >= 0.3 is 11.9 Å². The summed E-state index contributed by atoms with van der Waals surface area (Å²) in [5.41, 5.74) is 5.38. The van der Waals surface area contributed by atoms with Crippen molar-refractivity contribution < 1.29 is 28.4 Å². The van der Waals surface area contributed by atoms with E-state index in [0.717, 1.165) is 4.90 Å². The van der Waals surface area contributed by atoms with Crippen LogP contribution < -0.4 is 5.73 Å². The standard InChI is InChI=1S/C10H12N2O6S/c1-4(13)18-2-5-3-19(17)9-6(11)8(14)12(9)7(5)10(15)16/h6,9H,2-3,11H2,1H3,(H,15,16)/t6-,9-,19-/m1/s1. The average Bonchev–Trinajstić information content (AvgIpc) is 2.33. The minimum absolute atomic E-state index is 0.0724. The fraction of sp³-hybridized carbons (Fsp3) is 0.500. The predicted octanol–water partition coefficient (Wildman–Crippen LogP) is -1.85. The number of fused-ring (bicyclic) bond motifs is 1. The van der Waals surface area contributed by atoms with Crippen LogP contribution in [0.5, 0.6) is 0 Å². The van der Waals surface area contributed by atoms with Crippen molar-refractivity contribution in [1.82, 2.24) is 4.90 Å². The third kappa shape index (κ3) is 2.15. The summed E-state index contributed by atoms with van der Waals surface area (Å²) in [5, 5.41) is 8.35. The van der Waals surface area contributed by atoms with E-state index in [1.165, 1.54) is 6.92 Å². The molecule has 0 radical (unpaired) electrons. The lowest BCUT2D eigenvalue weighted by Crippen LogP contribution is -2.72. The molecule has 2 rings (SSSR count). The zero-order chi connectivity index (χ0) is 14.3. The number of aliphatic carboxylic acids is 1. The summed E-state index contributed by atoms with van der Waals surface area (Å²) >= 11 is 0. The van der Waals surface area contributed by atoms with Crippen LogP contribution in [0.2, 0.25) is 0 Å². The van der Waals surface area contributed by atoms with Crippen molar-refractivity contribution in [1.29, 1.82) is 0 Å². The smallest absolute Gasteiger partial charge is 0.352 e. The van der Waals surface area contributed by atoms with Crippen LogP contribution in [0.3, 0.4) is 0 Å². The van der Waals surface area contributed by atoms with Crippen LogP contribution in [0.1, 0.15) is 6.92 Å². The molecular formula is C10H12N2O6S. The molecule has 8 nitrogen and oxygen atoms in total. The Morgan fingerprint density at radius 1 is 1.58 bits per heavy atom. The molecule has 0 unspecified atom stereocenters. The number of ether oxygens (including phenoxy) is 1. The minimum Gasteiger partial charge on any atom is -0.477 e. The van der Waals surface area contributed by atoms with Gasteiger partial charge in [0.25, 0.3) is 0 Å². The molecular weight excluding hydrogens is 276 g/mol. The molecule has 1 amide bonds. The molecule has 3 atom stereocenters. The maximum Gasteiger partial charge on any atom is 0.352 e. The number of amides is 1. The van der Waals surface area contributed by atoms with Gasteiger partial charge in [-0.2, -0.15) is 0 Å². The molecule has 0 saturated carbocycles. The quantitative estimate of drug-likeness (QED) is 0.461. The van der Waals surface area contributed by atoms with Gasteiger partial charge in [-0.3, -0.25) is 18.7 Å². The molecule has 0 aromatic rings. The Labute approximate surface area is 110 Å². The van der Waals surface area contributed by atoms with E-state index >= 15 is 0 Å². The first-order chi connectivity index (χ1) is 8.84. The summed E-state index contributed by atoms with van der Waals surface area (Å²) < 4.78 is 16.6. The van der Waals surface area contributed by atoms with Gasteiger partial charge in [0.1, 0.15) is 23.7 Å². The van der Waals surface area contributed by atoms with Crippen molar-refractivity contribution in [3.05, 3.63) is 11.3 Å². The first-order valence-corrected chi connectivity index (χ1v) is 6.77. The number of carboxylic acids is 1. The normalized spacial score (nSPS) is 29.7. The predicted molar refractivity (Wildman–Crippen MR) is 62.9 cm³/mol. The second-order valence-electron chi connectivity index (χ2n) is 4.19. The van der Waals surface area contributed by atoms with E-state index in [0.29, 0.717) is 0 Å². The fourth-order valence-corrected chi connectivity index (χ4v) is 3.68. The average molecular weight is 288 g/mol. The van der Waals surface area contributed by atoms with Gasteiger partial charge in [0.2, 0.25) is 5.91 Å². The Kier molecular flexibility index (Phi) is 3.42. The lowest BCUT2D eigenvalue weighted by Gasteiger charge is -2.47. The minimum atomic E-state index is -1.49. The molecule has 0 aromatic heterocycles. The van der Waals surface area contributed by atoms with Gasteiger partial charge in [0, 0.05) is 12.5 Å². The Bertz CT molecular complexity index is 528. The van der Waals surface area contributed by atoms with E-state index in [9.17, 15) is 18.6 Å². The van der Waals surface area contributed by atoms with Crippen LogP contribution in [-0.4, -0.2) is 55.8 Å². The highest BCUT2D eigenvalue weighted by molar-refractivity contribution is 7.86. The molecule has 1 saturated heterocycles. The molecule has 1 fully saturated rings. The summed E-state index contributed by atoms with van der Waals surface area (Å²) in [6.07, 6.45) is 0. The van der Waals surface area contributed by atoms with Gasteiger partial charge in [-0.25, -0.2) is 4.79 Å². The topological polar surface area (TPSA) is 127 Å². The molecule has 19 heavy (non-hydrogen) atoms. The van der Waals surface area contributed by atoms with Crippen molar-refractivity contribution in [2.24, 2.45) is 5.73 Å². The van der Waals surface area contributed by atoms with Gasteiger partial charge in [-0.05, 0) is 0 Å². The van der Waals surface area contributed by atoms with Crippen molar-refractivity contribution >= 4 is 28.6 Å². The zero-order valence-electron chi connectivity index (χ0n) is 9.99. The van der Waals surface area contributed by atoms with Crippen LogP contribution in [-0.2, 0) is 29.9 Å². The molecule has 3 N–H and O–H groups in total. The molecule has 0 aliphatic carbocycles. The number of hydrogen-bond donors (Lipinski definition) is 2. The summed E-state index contributed by atoms with van der Waals surface area (Å²) in [7, 11) is -1.49. The first-order valence-electron chi connectivity index (χ1n) is 5.39. The van der Waals surface area contributed by atoms with Crippen LogP contribution in [0.4, 0.5) is 0 Å². The third-order valence-corrected chi connectivity index (χ3v) is 4.57. The lowest BCUT2D eigenvalue weighted by atomic mass is 10.0. The summed E-state index contributed by atoms with van der Waals surface area (Å²) in [6.45, 7) is 0.878.